The average Bonchev–Trinajstić information content (AvgIpc) is 3.07. The number of aliphatic hydroxyl groups excluding tert-OH is 2. The molecule has 0 saturated heterocycles. The summed E-state index contributed by atoms with van der Waals surface area (Å²) in [6, 6.07) is 0. The predicted octanol–water partition coefficient (Wildman–Crippen LogP) is 7.58. The van der Waals surface area contributed by atoms with Gasteiger partial charge in [-0.05, 0) is 0 Å². The summed E-state index contributed by atoms with van der Waals surface area (Å²) in [7, 11) is 0. The smallest absolute Gasteiger partial charge is 0.316 e. The third-order valence-electron chi connectivity index (χ3n) is 3.78. The Morgan fingerprint density at radius 3 is 1.19 bits per heavy atom. The van der Waals surface area contributed by atoms with Gasteiger partial charge >= 0.3 is 11.9 Å². The van der Waals surface area contributed by atoms with Gasteiger partial charge in [0.1, 0.15) is 23.8 Å². The lowest BCUT2D eigenvalue weighted by Crippen LogP contribution is -2.07. The summed E-state index contributed by atoms with van der Waals surface area (Å²) in [6.45, 7) is 1.10. The standard InChI is InChI=1S/C23H44O10S14/c24-7-38-9-28-22(26)5-36-15-44-19-43-14-35-4-2-31-33-12-41-18-47-21-46-17-40-10-29-23(27)6-37-16-45-20-42-13-34-3-1-30-32-11-39-8-25/h24-25H,1-21H2. The Morgan fingerprint density at radius 2 is 0.723 bits per heavy atom. The first kappa shape index (κ1) is 50.6. The lowest BCUT2D eigenvalue weighted by molar-refractivity contribution is -0.274. The number of esters is 2. The van der Waals surface area contributed by atoms with Crippen molar-refractivity contribution in [3.05, 3.63) is 0 Å². The second-order valence-electron chi connectivity index (χ2n) is 7.26. The second kappa shape index (κ2) is 45.8. The van der Waals surface area contributed by atoms with Crippen LogP contribution in [0.1, 0.15) is 0 Å². The molecule has 0 aromatic rings. The molecule has 0 saturated carbocycles. The van der Waals surface area contributed by atoms with Crippen molar-refractivity contribution < 1.29 is 48.8 Å². The molecule has 0 unspecified atom stereocenters. The van der Waals surface area contributed by atoms with E-state index in [9.17, 15) is 9.59 Å². The van der Waals surface area contributed by atoms with Gasteiger partial charge in [0.25, 0.3) is 0 Å². The van der Waals surface area contributed by atoms with Crippen molar-refractivity contribution in [1.29, 1.82) is 0 Å². The first-order chi connectivity index (χ1) is 23.2. The maximum Gasteiger partial charge on any atom is 0.316 e. The topological polar surface area (TPSA) is 130 Å². The van der Waals surface area contributed by atoms with E-state index in [1.54, 1.807) is 70.6 Å². The first-order valence-electron chi connectivity index (χ1n) is 13.3. The van der Waals surface area contributed by atoms with Crippen LogP contribution in [0.5, 0.6) is 0 Å². The molecular formula is C23H44O10S14. The summed E-state index contributed by atoms with van der Waals surface area (Å²) < 4.78 is 10.2. The van der Waals surface area contributed by atoms with Crippen molar-refractivity contribution in [2.24, 2.45) is 0 Å². The van der Waals surface area contributed by atoms with Crippen molar-refractivity contribution in [3.8, 4) is 0 Å². The van der Waals surface area contributed by atoms with Gasteiger partial charge in [0, 0.05) is 57.3 Å². The summed E-state index contributed by atoms with van der Waals surface area (Å²) >= 11 is 23.4. The van der Waals surface area contributed by atoms with Crippen molar-refractivity contribution in [1.82, 2.24) is 0 Å². The van der Waals surface area contributed by atoms with Gasteiger partial charge in [-0.2, -0.15) is 0 Å². The third-order valence-corrected chi connectivity index (χ3v) is 19.0. The molecule has 0 heterocycles. The molecule has 0 atom stereocenters. The van der Waals surface area contributed by atoms with E-state index in [4.69, 9.17) is 39.2 Å². The van der Waals surface area contributed by atoms with Crippen LogP contribution in [0.4, 0.5) is 0 Å². The van der Waals surface area contributed by atoms with Crippen molar-refractivity contribution >= 4 is 177 Å². The van der Waals surface area contributed by atoms with Crippen LogP contribution in [0.2, 0.25) is 0 Å². The monoisotopic (exact) mass is 928 g/mol. The molecule has 0 bridgehead atoms. The minimum Gasteiger partial charge on any atom is -0.454 e. The molecule has 47 heavy (non-hydrogen) atoms. The highest BCUT2D eigenvalue weighted by Crippen LogP contribution is 2.23. The molecule has 0 spiro atoms. The lowest BCUT2D eigenvalue weighted by Gasteiger charge is -2.06. The Balaban J connectivity index is 3.16. The zero-order chi connectivity index (χ0) is 34.1. The Labute approximate surface area is 339 Å². The number of hydrogen-bond donors (Lipinski definition) is 2. The highest BCUT2D eigenvalue weighted by Gasteiger charge is 2.04. The van der Waals surface area contributed by atoms with Crippen LogP contribution in [0.3, 0.4) is 0 Å². The SMILES string of the molecule is O=C(CSCSCSCSCCOOCSCSCSCSCOC(=O)CSCSCSCSCCOOCSCO)OCSCO. The van der Waals surface area contributed by atoms with E-state index in [-0.39, 0.29) is 29.8 Å². The second-order valence-corrected chi connectivity index (χ2v) is 24.3. The maximum atomic E-state index is 11.8. The van der Waals surface area contributed by atoms with E-state index in [0.717, 1.165) is 57.3 Å². The van der Waals surface area contributed by atoms with Gasteiger partial charge in [-0.1, -0.05) is 11.8 Å². The van der Waals surface area contributed by atoms with Gasteiger partial charge in [0.2, 0.25) is 0 Å². The molecular weight excluding hydrogens is 885 g/mol. The van der Waals surface area contributed by atoms with Crippen LogP contribution in [-0.2, 0) is 38.6 Å². The van der Waals surface area contributed by atoms with E-state index >= 15 is 0 Å². The van der Waals surface area contributed by atoms with Gasteiger partial charge in [-0.15, -0.1) is 153 Å². The van der Waals surface area contributed by atoms with E-state index in [1.807, 2.05) is 70.6 Å². The fourth-order valence-corrected chi connectivity index (χ4v) is 15.4. The molecule has 0 aliphatic heterocycles. The predicted molar refractivity (Wildman–Crippen MR) is 229 cm³/mol. The molecule has 0 amide bonds. The third kappa shape index (κ3) is 45.7. The van der Waals surface area contributed by atoms with Gasteiger partial charge in [-0.25, -0.2) is 19.6 Å². The largest absolute Gasteiger partial charge is 0.454 e. The van der Waals surface area contributed by atoms with Crippen LogP contribution in [0, 0.1) is 0 Å². The molecule has 0 fully saturated rings. The Bertz CT molecular complexity index is 670. The van der Waals surface area contributed by atoms with Crippen LogP contribution >= 0.6 is 165 Å². The quantitative estimate of drug-likeness (QED) is 0.0206. The molecule has 2 N–H and O–H groups in total. The summed E-state index contributed by atoms with van der Waals surface area (Å²) in [4.78, 5) is 43.5. The number of carbonyl (C=O) groups is 2. The number of carbonyl (C=O) groups excluding carboxylic acids is 2. The van der Waals surface area contributed by atoms with Crippen LogP contribution in [0.15, 0.2) is 0 Å². The molecule has 0 rings (SSSR count). The van der Waals surface area contributed by atoms with Gasteiger partial charge in [0.15, 0.2) is 0 Å². The number of thioether (sulfide) groups is 14. The van der Waals surface area contributed by atoms with Gasteiger partial charge < -0.3 is 19.7 Å². The Kier molecular flexibility index (Phi) is 49.3. The molecule has 0 aromatic carbocycles. The van der Waals surface area contributed by atoms with Crippen LogP contribution in [-0.4, -0.2) is 140 Å². The zero-order valence-corrected chi connectivity index (χ0v) is 37.2. The molecule has 10 nitrogen and oxygen atoms in total. The highest BCUT2D eigenvalue weighted by atomic mass is 32.3. The molecule has 24 heteroatoms. The number of aliphatic hydroxyl groups is 2. The summed E-state index contributed by atoms with van der Waals surface area (Å²) in [5.74, 6) is 3.52. The van der Waals surface area contributed by atoms with E-state index in [1.165, 1.54) is 23.5 Å². The van der Waals surface area contributed by atoms with Gasteiger partial charge in [-0.3, -0.25) is 9.59 Å². The Morgan fingerprint density at radius 1 is 0.383 bits per heavy atom. The summed E-state index contributed by atoms with van der Waals surface area (Å²) in [6.07, 6.45) is 0. The fourth-order valence-electron chi connectivity index (χ4n) is 1.98. The summed E-state index contributed by atoms with van der Waals surface area (Å²) in [5, 5.41) is 25.7. The van der Waals surface area contributed by atoms with Crippen molar-refractivity contribution in [2.75, 3.05) is 118 Å². The normalized spacial score (nSPS) is 11.3. The van der Waals surface area contributed by atoms with Crippen LogP contribution < -0.4 is 0 Å². The van der Waals surface area contributed by atoms with Crippen LogP contribution in [0.25, 0.3) is 0 Å². The summed E-state index contributed by atoms with van der Waals surface area (Å²) in [5.41, 5.74) is 0. The zero-order valence-electron chi connectivity index (χ0n) is 25.7. The molecule has 0 aliphatic carbocycles. The van der Waals surface area contributed by atoms with Gasteiger partial charge in [0.05, 0.1) is 36.6 Å². The first-order valence-corrected chi connectivity index (χ1v) is 29.5. The van der Waals surface area contributed by atoms with Crippen molar-refractivity contribution in [3.63, 3.8) is 0 Å². The maximum absolute atomic E-state index is 11.8. The number of ether oxygens (including phenoxy) is 2. The molecule has 280 valence electrons. The minimum atomic E-state index is -0.239. The van der Waals surface area contributed by atoms with E-state index in [2.05, 4.69) is 0 Å². The molecule has 0 radical (unpaired) electrons. The van der Waals surface area contributed by atoms with Crippen molar-refractivity contribution in [2.45, 2.75) is 0 Å². The van der Waals surface area contributed by atoms with E-state index in [0.29, 0.717) is 42.5 Å². The average molecular weight is 930 g/mol. The number of hydrogen-bond acceptors (Lipinski definition) is 24. The lowest BCUT2D eigenvalue weighted by atomic mass is 10.8. The molecule has 0 aliphatic rings. The highest BCUT2D eigenvalue weighted by molar-refractivity contribution is 8.27. The fraction of sp³-hybridized carbons (Fsp3) is 0.913. The molecule has 0 aromatic heterocycles. The minimum absolute atomic E-state index is 0.0309. The number of rotatable bonds is 40. The Hall–Kier alpha value is 3.60. The van der Waals surface area contributed by atoms with E-state index < -0.39 is 0 Å².